The molecule has 0 fully saturated rings. The topological polar surface area (TPSA) is 154 Å². The maximum absolute atomic E-state index is 12.3. The summed E-state index contributed by atoms with van der Waals surface area (Å²) in [6.07, 6.45) is -0.230. The largest absolute Gasteiger partial charge is 0.481 e. The van der Waals surface area contributed by atoms with Crippen molar-refractivity contribution in [3.8, 4) is 0 Å². The van der Waals surface area contributed by atoms with Crippen molar-refractivity contribution in [1.29, 1.82) is 0 Å². The molecule has 0 radical (unpaired) electrons. The Morgan fingerprint density at radius 2 is 1.33 bits per heavy atom. The van der Waals surface area contributed by atoms with Crippen LogP contribution in [0.3, 0.4) is 0 Å². The fourth-order valence-corrected chi connectivity index (χ4v) is 2.51. The van der Waals surface area contributed by atoms with Gasteiger partial charge in [0.1, 0.15) is 6.04 Å². The number of rotatable bonds is 11. The average Bonchev–Trinajstić information content (AvgIpc) is 2.67. The van der Waals surface area contributed by atoms with E-state index < -0.39 is 23.8 Å². The maximum Gasteiger partial charge on any atom is 0.304 e. The molecule has 1 aromatic carbocycles. The van der Waals surface area contributed by atoms with Crippen LogP contribution in [0.5, 0.6) is 0 Å². The van der Waals surface area contributed by atoms with Crippen molar-refractivity contribution in [3.05, 3.63) is 35.4 Å². The predicted octanol–water partition coefficient (Wildman–Crippen LogP) is -0.329. The van der Waals surface area contributed by atoms with E-state index in [1.54, 1.807) is 31.2 Å². The van der Waals surface area contributed by atoms with Gasteiger partial charge in [-0.05, 0) is 11.1 Å². The molecular formula is C20H28N4O6. The smallest absolute Gasteiger partial charge is 0.304 e. The summed E-state index contributed by atoms with van der Waals surface area (Å²) >= 11 is 0. The minimum absolute atomic E-state index is 0.0142. The summed E-state index contributed by atoms with van der Waals surface area (Å²) in [5.74, 6) is -3.10. The normalized spacial score (nSPS) is 12.2. The molecule has 0 aliphatic rings. The van der Waals surface area contributed by atoms with Crippen LogP contribution in [0.15, 0.2) is 24.3 Å². The molecule has 10 nitrogen and oxygen atoms in total. The third kappa shape index (κ3) is 9.67. The highest BCUT2D eigenvalue weighted by Crippen LogP contribution is 2.06. The molecule has 10 heteroatoms. The van der Waals surface area contributed by atoms with Gasteiger partial charge in [-0.15, -0.1) is 0 Å². The van der Waals surface area contributed by atoms with Gasteiger partial charge in [-0.1, -0.05) is 31.2 Å². The van der Waals surface area contributed by atoms with Gasteiger partial charge in [0.05, 0.1) is 6.42 Å². The first kappa shape index (κ1) is 24.6. The number of nitrogens with one attached hydrogen (secondary N) is 4. The third-order valence-corrected chi connectivity index (χ3v) is 4.13. The summed E-state index contributed by atoms with van der Waals surface area (Å²) in [7, 11) is 0. The van der Waals surface area contributed by atoms with Crippen molar-refractivity contribution in [2.75, 3.05) is 6.54 Å². The van der Waals surface area contributed by atoms with Crippen molar-refractivity contribution in [3.63, 3.8) is 0 Å². The molecule has 0 aliphatic carbocycles. The number of carbonyl (C=O) groups excluding carboxylic acids is 4. The highest BCUT2D eigenvalue weighted by Gasteiger charge is 2.19. The van der Waals surface area contributed by atoms with Crippen LogP contribution in [0.2, 0.25) is 0 Å². The highest BCUT2D eigenvalue weighted by molar-refractivity contribution is 5.87. The molecule has 0 heterocycles. The van der Waals surface area contributed by atoms with E-state index in [0.29, 0.717) is 0 Å². The van der Waals surface area contributed by atoms with E-state index in [9.17, 15) is 24.0 Å². The number of hydrogen-bond acceptors (Lipinski definition) is 5. The standard InChI is InChI=1S/C20H28N4O6/c1-12(8-18(27)28)19(29)22-9-15-4-6-16(7-5-15)10-23-20(30)17(24-14(3)26)11-21-13(2)25/h4-7,12,17H,8-11H2,1-3H3,(H,21,25)(H,22,29)(H,23,30)(H,24,26)(H,27,28)/t12-,17?/m0/s1. The SMILES string of the molecule is CC(=O)NCC(NC(C)=O)C(=O)NCc1ccc(CNC(=O)[C@@H](C)CC(=O)O)cc1. The molecular weight excluding hydrogens is 392 g/mol. The van der Waals surface area contributed by atoms with Crippen LogP contribution in [-0.2, 0) is 37.1 Å². The maximum atomic E-state index is 12.3. The number of hydrogen-bond donors (Lipinski definition) is 5. The molecule has 0 spiro atoms. The van der Waals surface area contributed by atoms with Crippen molar-refractivity contribution >= 4 is 29.6 Å². The summed E-state index contributed by atoms with van der Waals surface area (Å²) in [5, 5.41) is 19.1. The second kappa shape index (κ2) is 12.2. The molecule has 4 amide bonds. The molecule has 1 rings (SSSR count). The van der Waals surface area contributed by atoms with Gasteiger partial charge in [0, 0.05) is 39.4 Å². The lowest BCUT2D eigenvalue weighted by Gasteiger charge is -2.18. The molecule has 0 bridgehead atoms. The second-order valence-electron chi connectivity index (χ2n) is 6.94. The van der Waals surface area contributed by atoms with Gasteiger partial charge >= 0.3 is 5.97 Å². The fourth-order valence-electron chi connectivity index (χ4n) is 2.51. The van der Waals surface area contributed by atoms with Crippen molar-refractivity contribution in [1.82, 2.24) is 21.3 Å². The van der Waals surface area contributed by atoms with Crippen LogP contribution < -0.4 is 21.3 Å². The minimum atomic E-state index is -1.03. The zero-order chi connectivity index (χ0) is 22.7. The molecule has 0 aromatic heterocycles. The summed E-state index contributed by atoms with van der Waals surface area (Å²) in [5.41, 5.74) is 1.63. The lowest BCUT2D eigenvalue weighted by Crippen LogP contribution is -2.51. The lowest BCUT2D eigenvalue weighted by atomic mass is 10.1. The molecule has 5 N–H and O–H groups in total. The monoisotopic (exact) mass is 420 g/mol. The van der Waals surface area contributed by atoms with Gasteiger partial charge in [0.25, 0.3) is 0 Å². The molecule has 1 unspecified atom stereocenters. The third-order valence-electron chi connectivity index (χ3n) is 4.13. The second-order valence-corrected chi connectivity index (χ2v) is 6.94. The van der Waals surface area contributed by atoms with E-state index in [4.69, 9.17) is 5.11 Å². The number of benzene rings is 1. The Morgan fingerprint density at radius 3 is 1.77 bits per heavy atom. The molecule has 2 atom stereocenters. The van der Waals surface area contributed by atoms with Gasteiger partial charge in [-0.2, -0.15) is 0 Å². The molecule has 0 saturated heterocycles. The number of carboxylic acids is 1. The van der Waals surface area contributed by atoms with Crippen molar-refractivity contribution in [2.45, 2.75) is 46.3 Å². The van der Waals surface area contributed by atoms with Gasteiger partial charge in [-0.25, -0.2) is 0 Å². The van der Waals surface area contributed by atoms with Crippen LogP contribution in [0.25, 0.3) is 0 Å². The van der Waals surface area contributed by atoms with E-state index in [-0.39, 0.29) is 43.8 Å². The van der Waals surface area contributed by atoms with Crippen molar-refractivity contribution < 1.29 is 29.1 Å². The Balaban J connectivity index is 2.53. The summed E-state index contributed by atoms with van der Waals surface area (Å²) < 4.78 is 0. The first-order chi connectivity index (χ1) is 14.1. The number of carboxylic acid groups (broad SMARTS) is 1. The molecule has 0 aliphatic heterocycles. The average molecular weight is 420 g/mol. The van der Waals surface area contributed by atoms with Crippen LogP contribution in [0.1, 0.15) is 38.3 Å². The molecule has 1 aromatic rings. The highest BCUT2D eigenvalue weighted by atomic mass is 16.4. The summed E-state index contributed by atoms with van der Waals surface area (Å²) in [6, 6.07) is 6.25. The number of aliphatic carboxylic acids is 1. The zero-order valence-corrected chi connectivity index (χ0v) is 17.3. The Labute approximate surface area is 174 Å². The first-order valence-corrected chi connectivity index (χ1v) is 9.45. The fraction of sp³-hybridized carbons (Fsp3) is 0.450. The quantitative estimate of drug-likeness (QED) is 0.330. The van der Waals surface area contributed by atoms with Crippen LogP contribution >= 0.6 is 0 Å². The molecule has 0 saturated carbocycles. The van der Waals surface area contributed by atoms with Gasteiger partial charge in [0.15, 0.2) is 0 Å². The Morgan fingerprint density at radius 1 is 0.833 bits per heavy atom. The Kier molecular flexibility index (Phi) is 10.0. The van der Waals surface area contributed by atoms with Crippen LogP contribution in [-0.4, -0.2) is 47.3 Å². The van der Waals surface area contributed by atoms with Gasteiger partial charge < -0.3 is 26.4 Å². The number of amides is 4. The van der Waals surface area contributed by atoms with Crippen LogP contribution in [0, 0.1) is 5.92 Å². The first-order valence-electron chi connectivity index (χ1n) is 9.45. The van der Waals surface area contributed by atoms with Gasteiger partial charge in [0.2, 0.25) is 23.6 Å². The van der Waals surface area contributed by atoms with E-state index >= 15 is 0 Å². The number of carbonyl (C=O) groups is 5. The Hall–Kier alpha value is -3.43. The van der Waals surface area contributed by atoms with E-state index in [1.807, 2.05) is 0 Å². The van der Waals surface area contributed by atoms with Gasteiger partial charge in [-0.3, -0.25) is 24.0 Å². The van der Waals surface area contributed by atoms with Crippen molar-refractivity contribution in [2.24, 2.45) is 5.92 Å². The lowest BCUT2D eigenvalue weighted by molar-refractivity contribution is -0.140. The van der Waals surface area contributed by atoms with E-state index in [0.717, 1.165) is 11.1 Å². The molecule has 30 heavy (non-hydrogen) atoms. The zero-order valence-electron chi connectivity index (χ0n) is 17.3. The summed E-state index contributed by atoms with van der Waals surface area (Å²) in [4.78, 5) is 57.1. The molecule has 164 valence electrons. The minimum Gasteiger partial charge on any atom is -0.481 e. The Bertz CT molecular complexity index is 778. The van der Waals surface area contributed by atoms with E-state index in [2.05, 4.69) is 21.3 Å². The van der Waals surface area contributed by atoms with E-state index in [1.165, 1.54) is 13.8 Å². The summed E-state index contributed by atoms with van der Waals surface area (Å²) in [6.45, 7) is 4.62. The van der Waals surface area contributed by atoms with Crippen LogP contribution in [0.4, 0.5) is 0 Å². The predicted molar refractivity (Wildman–Crippen MR) is 108 cm³/mol.